The van der Waals surface area contributed by atoms with Crippen molar-refractivity contribution in [1.29, 1.82) is 0 Å². The SMILES string of the molecule is COCCC(=O)NC(C)C(=O)CC(Cc1ccc(OC)cc1)C(=O)NC(CC1CCCC1)C(=O)C1(C)CO1. The molecule has 1 aliphatic carbocycles. The highest BCUT2D eigenvalue weighted by Crippen LogP contribution is 2.33. The van der Waals surface area contributed by atoms with Crippen LogP contribution in [0.2, 0.25) is 0 Å². The third-order valence-corrected chi connectivity index (χ3v) is 7.63. The Bertz CT molecular complexity index is 968. The molecule has 1 saturated carbocycles. The summed E-state index contributed by atoms with van der Waals surface area (Å²) in [7, 11) is 3.09. The number of amides is 2. The number of methoxy groups -OCH3 is 2. The fraction of sp³-hybridized carbons (Fsp3) is 0.655. The molecule has 1 heterocycles. The van der Waals surface area contributed by atoms with Gasteiger partial charge in [0.05, 0.1) is 32.4 Å². The maximum absolute atomic E-state index is 13.6. The molecular formula is C29H42N2O7. The first-order valence-corrected chi connectivity index (χ1v) is 13.6. The van der Waals surface area contributed by atoms with Crippen molar-refractivity contribution in [1.82, 2.24) is 10.6 Å². The van der Waals surface area contributed by atoms with E-state index in [0.29, 0.717) is 31.1 Å². The maximum atomic E-state index is 13.6. The van der Waals surface area contributed by atoms with Crippen LogP contribution in [0.5, 0.6) is 5.75 Å². The highest BCUT2D eigenvalue weighted by Gasteiger charge is 2.50. The van der Waals surface area contributed by atoms with Gasteiger partial charge in [0.2, 0.25) is 11.8 Å². The van der Waals surface area contributed by atoms with E-state index in [2.05, 4.69) is 10.6 Å². The normalized spacial score (nSPS) is 21.3. The van der Waals surface area contributed by atoms with Crippen LogP contribution in [0.4, 0.5) is 0 Å². The van der Waals surface area contributed by atoms with Crippen molar-refractivity contribution < 1.29 is 33.4 Å². The number of hydrogen-bond acceptors (Lipinski definition) is 7. The molecular weight excluding hydrogens is 488 g/mol. The van der Waals surface area contributed by atoms with E-state index in [1.54, 1.807) is 21.0 Å². The highest BCUT2D eigenvalue weighted by molar-refractivity contribution is 5.98. The Balaban J connectivity index is 1.74. The van der Waals surface area contributed by atoms with Crippen molar-refractivity contribution in [3.8, 4) is 5.75 Å². The number of hydrogen-bond donors (Lipinski definition) is 2. The number of ether oxygens (including phenoxy) is 3. The molecule has 9 nitrogen and oxygen atoms in total. The summed E-state index contributed by atoms with van der Waals surface area (Å²) in [6.45, 7) is 3.99. The number of carbonyl (C=O) groups excluding carboxylic acids is 4. The molecule has 3 rings (SSSR count). The van der Waals surface area contributed by atoms with Crippen LogP contribution in [0.3, 0.4) is 0 Å². The Morgan fingerprint density at radius 3 is 2.32 bits per heavy atom. The minimum atomic E-state index is -0.848. The first kappa shape index (κ1) is 29.8. The van der Waals surface area contributed by atoms with E-state index in [0.717, 1.165) is 31.2 Å². The topological polar surface area (TPSA) is 123 Å². The van der Waals surface area contributed by atoms with Gasteiger partial charge in [-0.15, -0.1) is 0 Å². The third kappa shape index (κ3) is 8.63. The molecule has 1 aromatic carbocycles. The summed E-state index contributed by atoms with van der Waals surface area (Å²) in [5, 5.41) is 5.68. The van der Waals surface area contributed by atoms with Crippen molar-refractivity contribution in [3.63, 3.8) is 0 Å². The van der Waals surface area contributed by atoms with Crippen molar-refractivity contribution >= 4 is 23.4 Å². The number of ketones is 2. The third-order valence-electron chi connectivity index (χ3n) is 7.63. The largest absolute Gasteiger partial charge is 0.497 e. The van der Waals surface area contributed by atoms with Crippen molar-refractivity contribution in [2.75, 3.05) is 27.4 Å². The predicted octanol–water partition coefficient (Wildman–Crippen LogP) is 2.78. The zero-order chi connectivity index (χ0) is 27.7. The second kappa shape index (κ2) is 13.8. The number of Topliss-reactive ketones (excluding diaryl/α,β-unsaturated/α-hetero) is 2. The molecule has 2 N–H and O–H groups in total. The standard InChI is InChI=1S/C29H42N2O7/c1-19(30-26(33)13-14-36-3)25(32)17-22(15-21-9-11-23(37-4)12-10-21)28(35)31-24(16-20-7-5-6-8-20)27(34)29(2)18-38-29/h9-12,19-20,22,24H,5-8,13-18H2,1-4H3,(H,30,33)(H,31,35). The van der Waals surface area contributed by atoms with Gasteiger partial charge in [0, 0.05) is 25.9 Å². The van der Waals surface area contributed by atoms with Crippen LogP contribution in [-0.2, 0) is 35.1 Å². The van der Waals surface area contributed by atoms with Gasteiger partial charge in [-0.1, -0.05) is 37.8 Å². The fourth-order valence-electron chi connectivity index (χ4n) is 5.03. The number of nitrogens with one attached hydrogen (secondary N) is 2. The lowest BCUT2D eigenvalue weighted by Gasteiger charge is -2.26. The van der Waals surface area contributed by atoms with Crippen LogP contribution in [0.15, 0.2) is 24.3 Å². The van der Waals surface area contributed by atoms with Gasteiger partial charge in [0.1, 0.15) is 11.4 Å². The van der Waals surface area contributed by atoms with Gasteiger partial charge in [-0.3, -0.25) is 19.2 Å². The Morgan fingerprint density at radius 2 is 1.74 bits per heavy atom. The van der Waals surface area contributed by atoms with Gasteiger partial charge in [-0.2, -0.15) is 0 Å². The zero-order valence-electron chi connectivity index (χ0n) is 23.0. The van der Waals surface area contributed by atoms with E-state index < -0.39 is 23.6 Å². The predicted molar refractivity (Wildman–Crippen MR) is 142 cm³/mol. The van der Waals surface area contributed by atoms with Gasteiger partial charge in [-0.05, 0) is 50.3 Å². The summed E-state index contributed by atoms with van der Waals surface area (Å²) in [4.78, 5) is 52.1. The van der Waals surface area contributed by atoms with E-state index >= 15 is 0 Å². The molecule has 0 aromatic heterocycles. The Hall–Kier alpha value is -2.78. The van der Waals surface area contributed by atoms with Crippen LogP contribution >= 0.6 is 0 Å². The Kier molecular flexibility index (Phi) is 10.8. The van der Waals surface area contributed by atoms with Crippen molar-refractivity contribution in [2.24, 2.45) is 11.8 Å². The highest BCUT2D eigenvalue weighted by atomic mass is 16.6. The minimum absolute atomic E-state index is 0.0678. The number of rotatable bonds is 16. The van der Waals surface area contributed by atoms with E-state index in [4.69, 9.17) is 14.2 Å². The Labute approximate surface area is 225 Å². The minimum Gasteiger partial charge on any atom is -0.497 e. The first-order chi connectivity index (χ1) is 18.1. The number of epoxide rings is 1. The molecule has 38 heavy (non-hydrogen) atoms. The van der Waals surface area contributed by atoms with Gasteiger partial charge in [-0.25, -0.2) is 0 Å². The summed E-state index contributed by atoms with van der Waals surface area (Å²) < 4.78 is 15.6. The molecule has 4 atom stereocenters. The molecule has 2 fully saturated rings. The lowest BCUT2D eigenvalue weighted by molar-refractivity contribution is -0.134. The molecule has 4 unspecified atom stereocenters. The van der Waals surface area contributed by atoms with Gasteiger partial charge in [0.25, 0.3) is 0 Å². The molecule has 0 bridgehead atoms. The Morgan fingerprint density at radius 1 is 1.08 bits per heavy atom. The van der Waals surface area contributed by atoms with Crippen molar-refractivity contribution in [2.45, 2.75) is 82.9 Å². The van der Waals surface area contributed by atoms with Crippen LogP contribution in [-0.4, -0.2) is 68.5 Å². The van der Waals surface area contributed by atoms with E-state index in [9.17, 15) is 19.2 Å². The van der Waals surface area contributed by atoms with Gasteiger partial charge in [0.15, 0.2) is 11.6 Å². The van der Waals surface area contributed by atoms with Gasteiger partial charge >= 0.3 is 0 Å². The summed E-state index contributed by atoms with van der Waals surface area (Å²) in [5.41, 5.74) is 0.0189. The zero-order valence-corrected chi connectivity index (χ0v) is 23.0. The molecule has 1 saturated heterocycles. The lowest BCUT2D eigenvalue weighted by atomic mass is 9.88. The summed E-state index contributed by atoms with van der Waals surface area (Å²) >= 11 is 0. The van der Waals surface area contributed by atoms with Crippen LogP contribution < -0.4 is 15.4 Å². The molecule has 0 radical (unpaired) electrons. The quantitative estimate of drug-likeness (QED) is 0.315. The molecule has 210 valence electrons. The molecule has 2 amide bonds. The maximum Gasteiger partial charge on any atom is 0.224 e. The monoisotopic (exact) mass is 530 g/mol. The molecule has 2 aliphatic rings. The van der Waals surface area contributed by atoms with Crippen LogP contribution in [0, 0.1) is 11.8 Å². The average molecular weight is 531 g/mol. The second-order valence-electron chi connectivity index (χ2n) is 10.8. The molecule has 9 heteroatoms. The summed E-state index contributed by atoms with van der Waals surface area (Å²) in [6.07, 6.45) is 5.34. The van der Waals surface area contributed by atoms with Crippen LogP contribution in [0.1, 0.15) is 64.4 Å². The molecule has 0 spiro atoms. The summed E-state index contributed by atoms with van der Waals surface area (Å²) in [6, 6.07) is 5.93. The van der Waals surface area contributed by atoms with Crippen molar-refractivity contribution in [3.05, 3.63) is 29.8 Å². The van der Waals surface area contributed by atoms with E-state index in [-0.39, 0.29) is 42.8 Å². The molecule has 1 aromatic rings. The average Bonchev–Trinajstić information content (AvgIpc) is 3.45. The van der Waals surface area contributed by atoms with Gasteiger partial charge < -0.3 is 24.8 Å². The summed E-state index contributed by atoms with van der Waals surface area (Å²) in [5.74, 6) is -0.613. The molecule has 1 aliphatic heterocycles. The fourth-order valence-corrected chi connectivity index (χ4v) is 5.03. The van der Waals surface area contributed by atoms with Crippen LogP contribution in [0.25, 0.3) is 0 Å². The smallest absolute Gasteiger partial charge is 0.224 e. The number of carbonyl (C=O) groups is 4. The second-order valence-corrected chi connectivity index (χ2v) is 10.8. The van der Waals surface area contributed by atoms with E-state index in [1.165, 1.54) is 7.11 Å². The lowest BCUT2D eigenvalue weighted by Crippen LogP contribution is -2.49. The first-order valence-electron chi connectivity index (χ1n) is 13.6. The van der Waals surface area contributed by atoms with E-state index in [1.807, 2.05) is 24.3 Å². The number of benzene rings is 1.